The van der Waals surface area contributed by atoms with Gasteiger partial charge in [0, 0.05) is 6.42 Å². The number of nitrogens with one attached hydrogen (secondary N) is 1. The van der Waals surface area contributed by atoms with Crippen molar-refractivity contribution in [3.8, 4) is 0 Å². The maximum atomic E-state index is 11.9. The van der Waals surface area contributed by atoms with Gasteiger partial charge in [-0.1, -0.05) is 27.7 Å². The van der Waals surface area contributed by atoms with Crippen LogP contribution < -0.4 is 5.32 Å². The number of rotatable bonds is 4. The Labute approximate surface area is 117 Å². The summed E-state index contributed by atoms with van der Waals surface area (Å²) in [7, 11) is 0. The van der Waals surface area contributed by atoms with E-state index < -0.39 is 17.6 Å². The minimum absolute atomic E-state index is 0.0759. The van der Waals surface area contributed by atoms with Gasteiger partial charge in [-0.3, -0.25) is 4.79 Å². The van der Waals surface area contributed by atoms with E-state index in [1.54, 1.807) is 27.7 Å². The monoisotopic (exact) mass is 271 g/mol. The summed E-state index contributed by atoms with van der Waals surface area (Å²) in [4.78, 5) is 23.6. The lowest BCUT2D eigenvalue weighted by Crippen LogP contribution is -2.43. The number of ether oxygens (including phenoxy) is 1. The van der Waals surface area contributed by atoms with Crippen LogP contribution in [0, 0.1) is 11.3 Å². The Morgan fingerprint density at radius 1 is 1.05 bits per heavy atom. The molecule has 4 nitrogen and oxygen atoms in total. The van der Waals surface area contributed by atoms with Gasteiger partial charge in [-0.2, -0.15) is 0 Å². The molecule has 0 aromatic rings. The third kappa shape index (κ3) is 7.85. The standard InChI is InChI=1S/C15H29NO3/c1-10(14(3,4)5)9-12(17)16-11(2)13(18)19-15(6,7)8/h10-11H,9H2,1-8H3,(H,16,17)/t10?,11-/m1/s1. The molecule has 0 spiro atoms. The zero-order chi connectivity index (χ0) is 15.4. The second-order valence-electron chi connectivity index (χ2n) is 7.29. The van der Waals surface area contributed by atoms with Crippen LogP contribution in [0.5, 0.6) is 0 Å². The SMILES string of the molecule is CC(CC(=O)N[C@H](C)C(=O)OC(C)(C)C)C(C)(C)C. The van der Waals surface area contributed by atoms with Crippen LogP contribution in [-0.4, -0.2) is 23.5 Å². The molecule has 0 aliphatic carbocycles. The molecule has 0 aliphatic rings. The maximum absolute atomic E-state index is 11.9. The number of carbonyl (C=O) groups excluding carboxylic acids is 2. The van der Waals surface area contributed by atoms with Crippen molar-refractivity contribution in [1.29, 1.82) is 0 Å². The van der Waals surface area contributed by atoms with Crippen molar-refractivity contribution in [3.05, 3.63) is 0 Å². The molecule has 0 fully saturated rings. The molecule has 0 radical (unpaired) electrons. The van der Waals surface area contributed by atoms with E-state index in [9.17, 15) is 9.59 Å². The predicted octanol–water partition coefficient (Wildman–Crippen LogP) is 2.91. The summed E-state index contributed by atoms with van der Waals surface area (Å²) in [5.74, 6) is -0.261. The fourth-order valence-corrected chi connectivity index (χ4v) is 1.33. The Balaban J connectivity index is 4.31. The van der Waals surface area contributed by atoms with Crippen LogP contribution in [0.3, 0.4) is 0 Å². The number of carbonyl (C=O) groups is 2. The van der Waals surface area contributed by atoms with Crippen molar-refractivity contribution in [2.75, 3.05) is 0 Å². The van der Waals surface area contributed by atoms with Gasteiger partial charge in [-0.05, 0) is 39.0 Å². The van der Waals surface area contributed by atoms with Crippen LogP contribution in [0.15, 0.2) is 0 Å². The van der Waals surface area contributed by atoms with Crippen LogP contribution in [0.1, 0.15) is 61.8 Å². The molecule has 0 bridgehead atoms. The topological polar surface area (TPSA) is 55.4 Å². The average Bonchev–Trinajstić information content (AvgIpc) is 2.12. The highest BCUT2D eigenvalue weighted by molar-refractivity contribution is 5.84. The molecule has 0 aromatic carbocycles. The van der Waals surface area contributed by atoms with E-state index in [-0.39, 0.29) is 17.2 Å². The first-order valence-electron chi connectivity index (χ1n) is 6.85. The summed E-state index contributed by atoms with van der Waals surface area (Å²) in [6, 6.07) is -0.612. The number of hydrogen-bond donors (Lipinski definition) is 1. The normalized spacial score (nSPS) is 15.6. The highest BCUT2D eigenvalue weighted by atomic mass is 16.6. The lowest BCUT2D eigenvalue weighted by molar-refractivity contribution is -0.158. The molecular formula is C15H29NO3. The Kier molecular flexibility index (Phi) is 6.04. The zero-order valence-corrected chi connectivity index (χ0v) is 13.6. The van der Waals surface area contributed by atoms with Gasteiger partial charge in [0.15, 0.2) is 0 Å². The first kappa shape index (κ1) is 17.9. The predicted molar refractivity (Wildman–Crippen MR) is 76.7 cm³/mol. The largest absolute Gasteiger partial charge is 0.458 e. The van der Waals surface area contributed by atoms with Gasteiger partial charge in [-0.25, -0.2) is 4.79 Å². The highest BCUT2D eigenvalue weighted by Crippen LogP contribution is 2.27. The maximum Gasteiger partial charge on any atom is 0.328 e. The van der Waals surface area contributed by atoms with E-state index in [1.807, 2.05) is 6.92 Å². The summed E-state index contributed by atoms with van der Waals surface area (Å²) < 4.78 is 5.22. The van der Waals surface area contributed by atoms with E-state index in [0.29, 0.717) is 6.42 Å². The number of esters is 1. The molecule has 1 amide bonds. The highest BCUT2D eigenvalue weighted by Gasteiger charge is 2.26. The molecule has 1 unspecified atom stereocenters. The minimum atomic E-state index is -0.612. The van der Waals surface area contributed by atoms with Crippen molar-refractivity contribution >= 4 is 11.9 Å². The second kappa shape index (κ2) is 6.40. The zero-order valence-electron chi connectivity index (χ0n) is 13.6. The summed E-state index contributed by atoms with van der Waals surface area (Å²) in [6.07, 6.45) is 0.413. The van der Waals surface area contributed by atoms with E-state index in [4.69, 9.17) is 4.74 Å². The molecule has 0 rings (SSSR count). The summed E-state index contributed by atoms with van der Waals surface area (Å²) in [5.41, 5.74) is -0.457. The van der Waals surface area contributed by atoms with Crippen LogP contribution in [0.2, 0.25) is 0 Å². The lowest BCUT2D eigenvalue weighted by atomic mass is 9.80. The van der Waals surface area contributed by atoms with E-state index in [2.05, 4.69) is 26.1 Å². The molecule has 0 saturated heterocycles. The molecule has 19 heavy (non-hydrogen) atoms. The third-order valence-corrected chi connectivity index (χ3v) is 3.11. The van der Waals surface area contributed by atoms with Gasteiger partial charge >= 0.3 is 5.97 Å². The Morgan fingerprint density at radius 2 is 1.53 bits per heavy atom. The average molecular weight is 271 g/mol. The first-order valence-corrected chi connectivity index (χ1v) is 6.85. The molecule has 112 valence electrons. The number of hydrogen-bond acceptors (Lipinski definition) is 3. The smallest absolute Gasteiger partial charge is 0.328 e. The van der Waals surface area contributed by atoms with Gasteiger partial charge in [-0.15, -0.1) is 0 Å². The Hall–Kier alpha value is -1.06. The Bertz CT molecular complexity index is 323. The molecule has 0 aliphatic heterocycles. The fraction of sp³-hybridized carbons (Fsp3) is 0.867. The summed E-state index contributed by atoms with van der Waals surface area (Å²) in [5, 5.41) is 2.69. The van der Waals surface area contributed by atoms with Gasteiger partial charge in [0.05, 0.1) is 0 Å². The van der Waals surface area contributed by atoms with Gasteiger partial charge < -0.3 is 10.1 Å². The summed E-state index contributed by atoms with van der Waals surface area (Å²) >= 11 is 0. The Morgan fingerprint density at radius 3 is 1.89 bits per heavy atom. The van der Waals surface area contributed by atoms with Crippen molar-refractivity contribution in [2.24, 2.45) is 11.3 Å². The second-order valence-corrected chi connectivity index (χ2v) is 7.29. The lowest BCUT2D eigenvalue weighted by Gasteiger charge is -2.27. The minimum Gasteiger partial charge on any atom is -0.458 e. The molecule has 2 atom stereocenters. The number of amides is 1. The van der Waals surface area contributed by atoms with Gasteiger partial charge in [0.1, 0.15) is 11.6 Å². The van der Waals surface area contributed by atoms with Crippen LogP contribution in [-0.2, 0) is 14.3 Å². The van der Waals surface area contributed by atoms with E-state index >= 15 is 0 Å². The van der Waals surface area contributed by atoms with Crippen molar-refractivity contribution < 1.29 is 14.3 Å². The van der Waals surface area contributed by atoms with E-state index in [0.717, 1.165) is 0 Å². The molecule has 0 heterocycles. The first-order chi connectivity index (χ1) is 8.33. The summed E-state index contributed by atoms with van der Waals surface area (Å²) in [6.45, 7) is 15.4. The van der Waals surface area contributed by atoms with Crippen molar-refractivity contribution in [1.82, 2.24) is 5.32 Å². The quantitative estimate of drug-likeness (QED) is 0.800. The molecule has 4 heteroatoms. The van der Waals surface area contributed by atoms with E-state index in [1.165, 1.54) is 0 Å². The fourth-order valence-electron chi connectivity index (χ4n) is 1.33. The van der Waals surface area contributed by atoms with Crippen molar-refractivity contribution in [2.45, 2.75) is 73.5 Å². The van der Waals surface area contributed by atoms with Gasteiger partial charge in [0.2, 0.25) is 5.91 Å². The third-order valence-electron chi connectivity index (χ3n) is 3.11. The van der Waals surface area contributed by atoms with Crippen LogP contribution >= 0.6 is 0 Å². The van der Waals surface area contributed by atoms with Crippen LogP contribution in [0.4, 0.5) is 0 Å². The molecule has 0 saturated carbocycles. The molecule has 1 N–H and O–H groups in total. The molecule has 0 aromatic heterocycles. The van der Waals surface area contributed by atoms with Gasteiger partial charge in [0.25, 0.3) is 0 Å². The van der Waals surface area contributed by atoms with Crippen molar-refractivity contribution in [3.63, 3.8) is 0 Å². The molecular weight excluding hydrogens is 242 g/mol. The van der Waals surface area contributed by atoms with Crippen LogP contribution in [0.25, 0.3) is 0 Å².